The number of benzene rings is 3. The number of anilines is 1. The number of methoxy groups -OCH3 is 1. The average Bonchev–Trinajstić information content (AvgIpc) is 2.90. The molecule has 1 heterocycles. The maximum Gasteiger partial charge on any atom is 0.232 e. The highest BCUT2D eigenvalue weighted by molar-refractivity contribution is 7.89. The Labute approximate surface area is 207 Å². The third kappa shape index (κ3) is 6.21. The van der Waals surface area contributed by atoms with E-state index in [9.17, 15) is 13.2 Å². The Morgan fingerprint density at radius 3 is 1.91 bits per heavy atom. The summed E-state index contributed by atoms with van der Waals surface area (Å²) in [5.74, 6) is -0.0359. The fraction of sp³-hybridized carbons (Fsp3) is 0.296. The molecular weight excluding hydrogens is 462 g/mol. The third-order valence-corrected chi connectivity index (χ3v) is 8.13. The molecule has 0 aliphatic carbocycles. The molecule has 1 saturated heterocycles. The molecule has 1 amide bonds. The van der Waals surface area contributed by atoms with Gasteiger partial charge in [0.25, 0.3) is 0 Å². The zero-order valence-electron chi connectivity index (χ0n) is 19.8. The molecular formula is C27H31N3O4S. The van der Waals surface area contributed by atoms with E-state index in [0.29, 0.717) is 26.2 Å². The first-order valence-electron chi connectivity index (χ1n) is 11.7. The number of piperazine rings is 1. The van der Waals surface area contributed by atoms with Crippen LogP contribution in [0, 0.1) is 0 Å². The maximum absolute atomic E-state index is 13.1. The van der Waals surface area contributed by atoms with E-state index < -0.39 is 15.9 Å². The van der Waals surface area contributed by atoms with Gasteiger partial charge in [-0.25, -0.2) is 8.42 Å². The highest BCUT2D eigenvalue weighted by Gasteiger charge is 2.28. The highest BCUT2D eigenvalue weighted by Crippen LogP contribution is 2.25. The summed E-state index contributed by atoms with van der Waals surface area (Å²) in [6.45, 7) is 2.12. The number of nitrogens with zero attached hydrogens (tertiary/aromatic N) is 2. The number of nitrogens with one attached hydrogen (secondary N) is 1. The molecule has 0 spiro atoms. The Balaban J connectivity index is 1.32. The van der Waals surface area contributed by atoms with Crippen LogP contribution in [-0.2, 0) is 14.8 Å². The third-order valence-electron chi connectivity index (χ3n) is 6.26. The minimum atomic E-state index is -3.48. The van der Waals surface area contributed by atoms with Gasteiger partial charge in [0.2, 0.25) is 15.9 Å². The first-order chi connectivity index (χ1) is 17.0. The summed E-state index contributed by atoms with van der Waals surface area (Å²) in [7, 11) is -1.85. The van der Waals surface area contributed by atoms with Gasteiger partial charge in [-0.15, -0.1) is 0 Å². The summed E-state index contributed by atoms with van der Waals surface area (Å²) >= 11 is 0. The number of carbonyl (C=O) groups is 1. The molecule has 0 saturated carbocycles. The van der Waals surface area contributed by atoms with E-state index >= 15 is 0 Å². The van der Waals surface area contributed by atoms with Crippen molar-refractivity contribution in [1.29, 1.82) is 0 Å². The summed E-state index contributed by atoms with van der Waals surface area (Å²) in [4.78, 5) is 15.3. The van der Waals surface area contributed by atoms with Crippen molar-refractivity contribution in [1.82, 2.24) is 9.62 Å². The molecule has 1 fully saturated rings. The minimum absolute atomic E-state index is 0.0655. The Hall–Kier alpha value is -3.36. The van der Waals surface area contributed by atoms with Crippen molar-refractivity contribution in [2.75, 3.05) is 50.5 Å². The average molecular weight is 494 g/mol. The van der Waals surface area contributed by atoms with Gasteiger partial charge in [-0.1, -0.05) is 60.7 Å². The zero-order chi connectivity index (χ0) is 24.7. The monoisotopic (exact) mass is 493 g/mol. The lowest BCUT2D eigenvalue weighted by Crippen LogP contribution is -2.50. The van der Waals surface area contributed by atoms with Crippen LogP contribution in [0.5, 0.6) is 5.75 Å². The molecule has 1 aliphatic heterocycles. The molecule has 8 heteroatoms. The quantitative estimate of drug-likeness (QED) is 0.496. The van der Waals surface area contributed by atoms with Crippen molar-refractivity contribution < 1.29 is 17.9 Å². The molecule has 3 aromatic rings. The number of amides is 1. The van der Waals surface area contributed by atoms with E-state index in [1.54, 1.807) is 7.11 Å². The normalized spacial score (nSPS) is 14.6. The highest BCUT2D eigenvalue weighted by atomic mass is 32.2. The van der Waals surface area contributed by atoms with Crippen molar-refractivity contribution in [2.24, 2.45) is 0 Å². The van der Waals surface area contributed by atoms with Crippen LogP contribution in [0.15, 0.2) is 84.9 Å². The number of rotatable bonds is 9. The predicted molar refractivity (Wildman–Crippen MR) is 138 cm³/mol. The van der Waals surface area contributed by atoms with Crippen molar-refractivity contribution in [3.05, 3.63) is 96.1 Å². The maximum atomic E-state index is 13.1. The van der Waals surface area contributed by atoms with Gasteiger partial charge in [0.05, 0.1) is 18.8 Å². The summed E-state index contributed by atoms with van der Waals surface area (Å²) in [6.07, 6.45) is 0. The van der Waals surface area contributed by atoms with E-state index in [1.807, 2.05) is 84.9 Å². The summed E-state index contributed by atoms with van der Waals surface area (Å²) in [5, 5.41) is 2.85. The summed E-state index contributed by atoms with van der Waals surface area (Å²) < 4.78 is 32.6. The number of carbonyl (C=O) groups excluding carboxylic acids is 1. The number of hydrogen-bond acceptors (Lipinski definition) is 5. The van der Waals surface area contributed by atoms with Crippen LogP contribution >= 0.6 is 0 Å². The molecule has 1 aliphatic rings. The molecule has 0 radical (unpaired) electrons. The minimum Gasteiger partial charge on any atom is -0.497 e. The molecule has 1 N–H and O–H groups in total. The van der Waals surface area contributed by atoms with Crippen LogP contribution in [0.25, 0.3) is 0 Å². The van der Waals surface area contributed by atoms with Gasteiger partial charge >= 0.3 is 0 Å². The lowest BCUT2D eigenvalue weighted by Gasteiger charge is -2.35. The van der Waals surface area contributed by atoms with Crippen LogP contribution in [-0.4, -0.2) is 64.2 Å². The second kappa shape index (κ2) is 11.4. The zero-order valence-corrected chi connectivity index (χ0v) is 20.7. The first-order valence-corrected chi connectivity index (χ1v) is 13.3. The van der Waals surface area contributed by atoms with Crippen LogP contribution in [0.4, 0.5) is 5.69 Å². The van der Waals surface area contributed by atoms with E-state index in [0.717, 1.165) is 22.6 Å². The lowest BCUT2D eigenvalue weighted by molar-refractivity contribution is -0.121. The fourth-order valence-corrected chi connectivity index (χ4v) is 5.68. The second-order valence-electron chi connectivity index (χ2n) is 8.45. The van der Waals surface area contributed by atoms with Crippen LogP contribution in [0.3, 0.4) is 0 Å². The van der Waals surface area contributed by atoms with Crippen LogP contribution < -0.4 is 15.0 Å². The standard InChI is InChI=1S/C27H31N3O4S/c1-34-25-14-12-24(13-15-25)29-17-19-30(20-18-29)35(32,33)21-16-28-27(31)26(22-8-4-2-5-9-22)23-10-6-3-7-11-23/h2-15,26H,16-21H2,1H3,(H,28,31). The van der Waals surface area contributed by atoms with E-state index in [2.05, 4.69) is 10.2 Å². The first kappa shape index (κ1) is 24.8. The summed E-state index contributed by atoms with van der Waals surface area (Å²) in [5.41, 5.74) is 2.78. The largest absolute Gasteiger partial charge is 0.497 e. The second-order valence-corrected chi connectivity index (χ2v) is 10.5. The van der Waals surface area contributed by atoms with Gasteiger partial charge < -0.3 is 15.0 Å². The van der Waals surface area contributed by atoms with E-state index in [1.165, 1.54) is 4.31 Å². The molecule has 7 nitrogen and oxygen atoms in total. The van der Waals surface area contributed by atoms with Crippen molar-refractivity contribution >= 4 is 21.6 Å². The summed E-state index contributed by atoms with van der Waals surface area (Å²) in [6, 6.07) is 26.8. The Kier molecular flexibility index (Phi) is 8.05. The molecule has 3 aromatic carbocycles. The number of hydrogen-bond donors (Lipinski definition) is 1. The van der Waals surface area contributed by atoms with Crippen LogP contribution in [0.2, 0.25) is 0 Å². The van der Waals surface area contributed by atoms with Gasteiger partial charge in [0, 0.05) is 38.4 Å². The molecule has 184 valence electrons. The molecule has 4 rings (SSSR count). The Bertz CT molecular complexity index is 1150. The van der Waals surface area contributed by atoms with Gasteiger partial charge in [0.15, 0.2) is 0 Å². The molecule has 0 bridgehead atoms. The van der Waals surface area contributed by atoms with Gasteiger partial charge in [-0.3, -0.25) is 4.79 Å². The van der Waals surface area contributed by atoms with Crippen LogP contribution in [0.1, 0.15) is 17.0 Å². The van der Waals surface area contributed by atoms with Crippen molar-refractivity contribution in [3.63, 3.8) is 0 Å². The number of sulfonamides is 1. The number of ether oxygens (including phenoxy) is 1. The fourth-order valence-electron chi connectivity index (χ4n) is 4.34. The van der Waals surface area contributed by atoms with Gasteiger partial charge in [-0.2, -0.15) is 4.31 Å². The van der Waals surface area contributed by atoms with E-state index in [4.69, 9.17) is 4.74 Å². The lowest BCUT2D eigenvalue weighted by atomic mass is 9.90. The molecule has 0 atom stereocenters. The van der Waals surface area contributed by atoms with Gasteiger partial charge in [-0.05, 0) is 35.4 Å². The topological polar surface area (TPSA) is 79.0 Å². The smallest absolute Gasteiger partial charge is 0.232 e. The van der Waals surface area contributed by atoms with E-state index in [-0.39, 0.29) is 18.2 Å². The van der Waals surface area contributed by atoms with Gasteiger partial charge in [0.1, 0.15) is 5.75 Å². The molecule has 0 aromatic heterocycles. The Morgan fingerprint density at radius 1 is 0.857 bits per heavy atom. The Morgan fingerprint density at radius 2 is 1.40 bits per heavy atom. The SMILES string of the molecule is COc1ccc(N2CCN(S(=O)(=O)CCNC(=O)C(c3ccccc3)c3ccccc3)CC2)cc1. The predicted octanol–water partition coefficient (Wildman–Crippen LogP) is 3.10. The molecule has 0 unspecified atom stereocenters. The van der Waals surface area contributed by atoms with Crippen molar-refractivity contribution in [3.8, 4) is 5.75 Å². The molecule has 35 heavy (non-hydrogen) atoms. The van der Waals surface area contributed by atoms with Crippen molar-refractivity contribution in [2.45, 2.75) is 5.92 Å².